The lowest BCUT2D eigenvalue weighted by Gasteiger charge is -2.12. The number of rotatable bonds is 6. The van der Waals surface area contributed by atoms with Crippen LogP contribution in [0.4, 0.5) is 5.69 Å². The van der Waals surface area contributed by atoms with Gasteiger partial charge in [-0.2, -0.15) is 0 Å². The van der Waals surface area contributed by atoms with Crippen molar-refractivity contribution >= 4 is 17.6 Å². The Morgan fingerprint density at radius 3 is 2.46 bits per heavy atom. The molecule has 0 unspecified atom stereocenters. The molecule has 0 aliphatic rings. The molecule has 0 aromatic heterocycles. The number of benzene rings is 2. The fourth-order valence-electron chi connectivity index (χ4n) is 2.26. The maximum atomic E-state index is 12.5. The summed E-state index contributed by atoms with van der Waals surface area (Å²) in [4.78, 5) is 24.3. The molecule has 2 aromatic rings. The molecule has 24 heavy (non-hydrogen) atoms. The molecule has 0 aliphatic heterocycles. The summed E-state index contributed by atoms with van der Waals surface area (Å²) in [6.45, 7) is 0.322. The largest absolute Gasteiger partial charge is 0.496 e. The molecule has 0 spiro atoms. The number of carbonyl (C=O) groups excluding carboxylic acids is 2. The minimum absolute atomic E-state index is 0.291. The van der Waals surface area contributed by atoms with Gasteiger partial charge in [0.25, 0.3) is 5.91 Å². The van der Waals surface area contributed by atoms with Gasteiger partial charge in [-0.05, 0) is 30.3 Å². The Bertz CT molecular complexity index is 742. The first-order chi connectivity index (χ1) is 11.6. The number of para-hydroxylation sites is 1. The van der Waals surface area contributed by atoms with Crippen molar-refractivity contribution in [3.05, 3.63) is 59.2 Å². The summed E-state index contributed by atoms with van der Waals surface area (Å²) in [7, 11) is 4.42. The van der Waals surface area contributed by atoms with Gasteiger partial charge in [0, 0.05) is 18.2 Å². The molecule has 2 rings (SSSR count). The minimum atomic E-state index is -0.513. The molecule has 0 atom stereocenters. The number of anilines is 1. The van der Waals surface area contributed by atoms with Crippen molar-refractivity contribution in [3.63, 3.8) is 0 Å². The first kappa shape index (κ1) is 17.5. The van der Waals surface area contributed by atoms with Gasteiger partial charge in [0.2, 0.25) is 0 Å². The van der Waals surface area contributed by atoms with Crippen LogP contribution in [0.15, 0.2) is 42.5 Å². The average molecular weight is 329 g/mol. The van der Waals surface area contributed by atoms with Crippen LogP contribution in [-0.2, 0) is 16.1 Å². The lowest BCUT2D eigenvalue weighted by Crippen LogP contribution is -2.15. The summed E-state index contributed by atoms with van der Waals surface area (Å²) in [5.41, 5.74) is 1.87. The standard InChI is InChI=1S/C18H19NO5/c1-22-11-13-10-12(8-9-16(13)23-2)17(20)19-15-7-5-4-6-14(15)18(21)24-3/h4-10H,11H2,1-3H3,(H,19,20). The van der Waals surface area contributed by atoms with E-state index >= 15 is 0 Å². The molecule has 1 amide bonds. The zero-order chi connectivity index (χ0) is 17.5. The van der Waals surface area contributed by atoms with E-state index in [9.17, 15) is 9.59 Å². The monoisotopic (exact) mass is 329 g/mol. The molecule has 0 fully saturated rings. The maximum absolute atomic E-state index is 12.5. The molecule has 2 aromatic carbocycles. The minimum Gasteiger partial charge on any atom is -0.496 e. The van der Waals surface area contributed by atoms with Gasteiger partial charge in [-0.15, -0.1) is 0 Å². The first-order valence-electron chi connectivity index (χ1n) is 7.25. The molecule has 126 valence electrons. The van der Waals surface area contributed by atoms with Crippen LogP contribution in [-0.4, -0.2) is 33.2 Å². The number of carbonyl (C=O) groups is 2. The fraction of sp³-hybridized carbons (Fsp3) is 0.222. The maximum Gasteiger partial charge on any atom is 0.339 e. The molecular formula is C18H19NO5. The van der Waals surface area contributed by atoms with E-state index in [1.807, 2.05) is 0 Å². The summed E-state index contributed by atoms with van der Waals surface area (Å²) in [5, 5.41) is 2.73. The van der Waals surface area contributed by atoms with E-state index in [4.69, 9.17) is 14.2 Å². The average Bonchev–Trinajstić information content (AvgIpc) is 2.61. The van der Waals surface area contributed by atoms with Gasteiger partial charge in [0.15, 0.2) is 0 Å². The molecule has 0 radical (unpaired) electrons. The number of methoxy groups -OCH3 is 3. The molecule has 0 aliphatic carbocycles. The van der Waals surface area contributed by atoms with Crippen molar-refractivity contribution in [1.82, 2.24) is 0 Å². The molecule has 1 N–H and O–H groups in total. The highest BCUT2D eigenvalue weighted by atomic mass is 16.5. The Labute approximate surface area is 140 Å². The Balaban J connectivity index is 2.28. The highest BCUT2D eigenvalue weighted by Gasteiger charge is 2.15. The quantitative estimate of drug-likeness (QED) is 0.825. The van der Waals surface area contributed by atoms with E-state index in [1.165, 1.54) is 7.11 Å². The lowest BCUT2D eigenvalue weighted by atomic mass is 10.1. The number of esters is 1. The topological polar surface area (TPSA) is 73.9 Å². The Morgan fingerprint density at radius 1 is 1.04 bits per heavy atom. The van der Waals surface area contributed by atoms with Crippen LogP contribution in [0.25, 0.3) is 0 Å². The molecule has 0 bridgehead atoms. The third-order valence-electron chi connectivity index (χ3n) is 3.42. The lowest BCUT2D eigenvalue weighted by molar-refractivity contribution is 0.0602. The number of hydrogen-bond donors (Lipinski definition) is 1. The molecule has 6 heteroatoms. The second kappa shape index (κ2) is 8.12. The van der Waals surface area contributed by atoms with Crippen LogP contribution in [0.1, 0.15) is 26.3 Å². The van der Waals surface area contributed by atoms with Crippen molar-refractivity contribution in [2.45, 2.75) is 6.61 Å². The predicted octanol–water partition coefficient (Wildman–Crippen LogP) is 2.88. The molecule has 0 saturated heterocycles. The van der Waals surface area contributed by atoms with E-state index in [0.29, 0.717) is 29.2 Å². The van der Waals surface area contributed by atoms with Crippen LogP contribution in [0.3, 0.4) is 0 Å². The zero-order valence-electron chi connectivity index (χ0n) is 13.8. The van der Waals surface area contributed by atoms with Gasteiger partial charge in [0.1, 0.15) is 5.75 Å². The summed E-state index contributed by atoms with van der Waals surface area (Å²) >= 11 is 0. The zero-order valence-corrected chi connectivity index (χ0v) is 13.8. The number of ether oxygens (including phenoxy) is 3. The molecule has 6 nitrogen and oxygen atoms in total. The van der Waals surface area contributed by atoms with E-state index in [-0.39, 0.29) is 5.91 Å². The Kier molecular flexibility index (Phi) is 5.92. The molecular weight excluding hydrogens is 310 g/mol. The van der Waals surface area contributed by atoms with E-state index < -0.39 is 5.97 Å². The third kappa shape index (κ3) is 3.91. The predicted molar refractivity (Wildman–Crippen MR) is 89.4 cm³/mol. The van der Waals surface area contributed by atoms with Crippen LogP contribution in [0.5, 0.6) is 5.75 Å². The van der Waals surface area contributed by atoms with Crippen molar-refractivity contribution in [2.24, 2.45) is 0 Å². The smallest absolute Gasteiger partial charge is 0.339 e. The highest BCUT2D eigenvalue weighted by molar-refractivity contribution is 6.08. The van der Waals surface area contributed by atoms with Gasteiger partial charge in [-0.25, -0.2) is 4.79 Å². The Hall–Kier alpha value is -2.86. The van der Waals surface area contributed by atoms with Gasteiger partial charge < -0.3 is 19.5 Å². The summed E-state index contributed by atoms with van der Waals surface area (Å²) in [6, 6.07) is 11.7. The fourth-order valence-corrected chi connectivity index (χ4v) is 2.26. The molecule has 0 saturated carbocycles. The molecule has 0 heterocycles. The second-order valence-corrected chi connectivity index (χ2v) is 4.95. The summed E-state index contributed by atoms with van der Waals surface area (Å²) in [5.74, 6) is -0.213. The van der Waals surface area contributed by atoms with E-state index in [0.717, 1.165) is 5.56 Å². The number of amides is 1. The number of hydrogen-bond acceptors (Lipinski definition) is 5. The van der Waals surface area contributed by atoms with Gasteiger partial charge in [-0.3, -0.25) is 4.79 Å². The van der Waals surface area contributed by atoms with Crippen molar-refractivity contribution in [2.75, 3.05) is 26.6 Å². The van der Waals surface area contributed by atoms with Crippen LogP contribution >= 0.6 is 0 Å². The van der Waals surface area contributed by atoms with Crippen molar-refractivity contribution in [1.29, 1.82) is 0 Å². The van der Waals surface area contributed by atoms with Crippen LogP contribution in [0.2, 0.25) is 0 Å². The number of nitrogens with one attached hydrogen (secondary N) is 1. The SMILES string of the molecule is COCc1cc(C(=O)Nc2ccccc2C(=O)OC)ccc1OC. The second-order valence-electron chi connectivity index (χ2n) is 4.95. The summed E-state index contributed by atoms with van der Waals surface area (Å²) < 4.78 is 15.1. The van der Waals surface area contributed by atoms with Gasteiger partial charge >= 0.3 is 5.97 Å². The third-order valence-corrected chi connectivity index (χ3v) is 3.42. The van der Waals surface area contributed by atoms with Crippen molar-refractivity contribution in [3.8, 4) is 5.75 Å². The summed E-state index contributed by atoms with van der Waals surface area (Å²) in [6.07, 6.45) is 0. The Morgan fingerprint density at radius 2 is 1.79 bits per heavy atom. The van der Waals surface area contributed by atoms with Crippen LogP contribution < -0.4 is 10.1 Å². The first-order valence-corrected chi connectivity index (χ1v) is 7.25. The normalized spacial score (nSPS) is 10.1. The van der Waals surface area contributed by atoms with Gasteiger partial charge in [0.05, 0.1) is 32.1 Å². The van der Waals surface area contributed by atoms with E-state index in [1.54, 1.807) is 56.7 Å². The highest BCUT2D eigenvalue weighted by Crippen LogP contribution is 2.22. The van der Waals surface area contributed by atoms with Gasteiger partial charge in [-0.1, -0.05) is 12.1 Å². The van der Waals surface area contributed by atoms with Crippen LogP contribution in [0, 0.1) is 0 Å². The van der Waals surface area contributed by atoms with Crippen molar-refractivity contribution < 1.29 is 23.8 Å². The van der Waals surface area contributed by atoms with E-state index in [2.05, 4.69) is 5.32 Å².